The molecule has 2 aromatic heterocycles. The Morgan fingerprint density at radius 3 is 2.19 bits per heavy atom. The third-order valence-corrected chi connectivity index (χ3v) is 4.35. The minimum atomic E-state index is -0.418. The van der Waals surface area contributed by atoms with Gasteiger partial charge in [-0.25, -0.2) is 0 Å². The molecule has 4 N–H and O–H groups in total. The molecule has 0 aliphatic carbocycles. The Morgan fingerprint density at radius 2 is 1.63 bits per heavy atom. The zero-order chi connectivity index (χ0) is 19.4. The zero-order valence-electron chi connectivity index (χ0n) is 14.6. The number of carbonyl (C=O) groups is 3. The van der Waals surface area contributed by atoms with E-state index in [1.807, 2.05) is 17.5 Å². The van der Waals surface area contributed by atoms with E-state index in [9.17, 15) is 14.4 Å². The van der Waals surface area contributed by atoms with Gasteiger partial charge >= 0.3 is 0 Å². The van der Waals surface area contributed by atoms with Crippen LogP contribution >= 0.6 is 11.3 Å². The van der Waals surface area contributed by atoms with Crippen LogP contribution in [-0.2, 0) is 9.59 Å². The van der Waals surface area contributed by atoms with E-state index in [4.69, 9.17) is 0 Å². The fraction of sp³-hybridized carbons (Fsp3) is 0.111. The van der Waals surface area contributed by atoms with Crippen molar-refractivity contribution < 1.29 is 14.4 Å². The van der Waals surface area contributed by atoms with Gasteiger partial charge in [0.2, 0.25) is 11.8 Å². The van der Waals surface area contributed by atoms with Crippen molar-refractivity contribution in [3.8, 4) is 10.6 Å². The highest BCUT2D eigenvalue weighted by atomic mass is 32.1. The second-order valence-electron chi connectivity index (χ2n) is 5.76. The van der Waals surface area contributed by atoms with Crippen LogP contribution in [-0.4, -0.2) is 27.9 Å². The maximum Gasteiger partial charge on any atom is 0.257 e. The Bertz CT molecular complexity index is 960. The van der Waals surface area contributed by atoms with Crippen molar-refractivity contribution in [3.63, 3.8) is 0 Å². The second-order valence-corrected chi connectivity index (χ2v) is 6.71. The van der Waals surface area contributed by atoms with Gasteiger partial charge < -0.3 is 16.0 Å². The topological polar surface area (TPSA) is 116 Å². The van der Waals surface area contributed by atoms with Crippen LogP contribution in [0, 0.1) is 0 Å². The lowest BCUT2D eigenvalue weighted by Crippen LogP contribution is -2.15. The van der Waals surface area contributed by atoms with Gasteiger partial charge in [-0.2, -0.15) is 5.10 Å². The molecule has 3 aromatic rings. The summed E-state index contributed by atoms with van der Waals surface area (Å²) in [5.41, 5.74) is 1.87. The van der Waals surface area contributed by atoms with Crippen LogP contribution in [0.2, 0.25) is 0 Å². The molecule has 0 aliphatic rings. The third kappa shape index (κ3) is 4.79. The monoisotopic (exact) mass is 383 g/mol. The highest BCUT2D eigenvalue weighted by molar-refractivity contribution is 7.13. The third-order valence-electron chi connectivity index (χ3n) is 3.44. The summed E-state index contributed by atoms with van der Waals surface area (Å²) in [6, 6.07) is 10.2. The summed E-state index contributed by atoms with van der Waals surface area (Å²) in [5, 5.41) is 16.8. The normalized spacial score (nSPS) is 10.3. The molecule has 3 amide bonds. The number of nitrogens with one attached hydrogen (secondary N) is 4. The number of carbonyl (C=O) groups excluding carboxylic acids is 3. The highest BCUT2D eigenvalue weighted by Gasteiger charge is 2.13. The molecular weight excluding hydrogens is 366 g/mol. The number of amides is 3. The van der Waals surface area contributed by atoms with E-state index in [0.29, 0.717) is 17.2 Å². The molecule has 0 saturated heterocycles. The van der Waals surface area contributed by atoms with Gasteiger partial charge in [0.15, 0.2) is 5.82 Å². The van der Waals surface area contributed by atoms with Crippen molar-refractivity contribution in [1.82, 2.24) is 10.2 Å². The average Bonchev–Trinajstić information content (AvgIpc) is 3.24. The van der Waals surface area contributed by atoms with Crippen LogP contribution in [0.4, 0.5) is 17.2 Å². The number of benzene rings is 1. The first-order chi connectivity index (χ1) is 12.9. The molecule has 138 valence electrons. The van der Waals surface area contributed by atoms with E-state index in [2.05, 4.69) is 26.1 Å². The molecule has 0 radical (unpaired) electrons. The molecule has 0 aliphatic heterocycles. The molecule has 3 rings (SSSR count). The number of rotatable bonds is 5. The van der Waals surface area contributed by atoms with E-state index in [-0.39, 0.29) is 17.4 Å². The van der Waals surface area contributed by atoms with Crippen molar-refractivity contribution in [3.05, 3.63) is 47.3 Å². The van der Waals surface area contributed by atoms with Gasteiger partial charge in [-0.15, -0.1) is 11.3 Å². The van der Waals surface area contributed by atoms with E-state index in [1.54, 1.807) is 23.5 Å². The molecule has 0 spiro atoms. The molecule has 2 heterocycles. The molecule has 8 nitrogen and oxygen atoms in total. The quantitative estimate of drug-likeness (QED) is 0.541. The van der Waals surface area contributed by atoms with E-state index in [1.165, 1.54) is 26.0 Å². The van der Waals surface area contributed by atoms with Gasteiger partial charge in [0, 0.05) is 36.9 Å². The van der Waals surface area contributed by atoms with Gasteiger partial charge in [-0.3, -0.25) is 19.5 Å². The van der Waals surface area contributed by atoms with Gasteiger partial charge in [-0.1, -0.05) is 6.07 Å². The van der Waals surface area contributed by atoms with Crippen LogP contribution in [0.5, 0.6) is 0 Å². The van der Waals surface area contributed by atoms with Crippen LogP contribution in [0.1, 0.15) is 24.2 Å². The highest BCUT2D eigenvalue weighted by Crippen LogP contribution is 2.25. The van der Waals surface area contributed by atoms with Gasteiger partial charge in [0.1, 0.15) is 0 Å². The summed E-state index contributed by atoms with van der Waals surface area (Å²) in [6.07, 6.45) is 0. The van der Waals surface area contributed by atoms with Gasteiger partial charge in [-0.05, 0) is 29.6 Å². The van der Waals surface area contributed by atoms with E-state index >= 15 is 0 Å². The van der Waals surface area contributed by atoms with Crippen molar-refractivity contribution in [2.24, 2.45) is 0 Å². The average molecular weight is 383 g/mol. The predicted octanol–water partition coefficient (Wildman–Crippen LogP) is 3.31. The smallest absolute Gasteiger partial charge is 0.257 e. The fourth-order valence-corrected chi connectivity index (χ4v) is 3.13. The molecule has 0 unspecified atom stereocenters. The minimum Gasteiger partial charge on any atom is -0.326 e. The summed E-state index contributed by atoms with van der Waals surface area (Å²) in [7, 11) is 0. The number of thiophene rings is 1. The first-order valence-corrected chi connectivity index (χ1v) is 8.89. The Balaban J connectivity index is 1.82. The van der Waals surface area contributed by atoms with Crippen molar-refractivity contribution in [2.45, 2.75) is 13.8 Å². The summed E-state index contributed by atoms with van der Waals surface area (Å²) in [4.78, 5) is 36.2. The Hall–Kier alpha value is -3.46. The zero-order valence-corrected chi connectivity index (χ0v) is 15.4. The summed E-state index contributed by atoms with van der Waals surface area (Å²) >= 11 is 1.56. The first-order valence-electron chi connectivity index (χ1n) is 8.01. The minimum absolute atomic E-state index is 0.269. The summed E-state index contributed by atoms with van der Waals surface area (Å²) < 4.78 is 0. The number of aromatic amines is 1. The number of hydrogen-bond acceptors (Lipinski definition) is 5. The Labute approximate surface area is 159 Å². The number of H-pyrrole nitrogens is 1. The van der Waals surface area contributed by atoms with Crippen molar-refractivity contribution in [2.75, 3.05) is 16.0 Å². The fourth-order valence-electron chi connectivity index (χ4n) is 2.44. The maximum atomic E-state index is 12.6. The summed E-state index contributed by atoms with van der Waals surface area (Å²) in [6.45, 7) is 2.72. The van der Waals surface area contributed by atoms with E-state index < -0.39 is 5.91 Å². The molecule has 0 saturated carbocycles. The van der Waals surface area contributed by atoms with Crippen LogP contribution in [0.15, 0.2) is 41.8 Å². The second kappa shape index (κ2) is 7.83. The predicted molar refractivity (Wildman–Crippen MR) is 105 cm³/mol. The number of aromatic nitrogens is 2. The lowest BCUT2D eigenvalue weighted by Gasteiger charge is -2.10. The van der Waals surface area contributed by atoms with Gasteiger partial charge in [0.05, 0.1) is 10.6 Å². The molecular formula is C18H17N5O3S. The molecule has 0 atom stereocenters. The lowest BCUT2D eigenvalue weighted by atomic mass is 10.1. The lowest BCUT2D eigenvalue weighted by molar-refractivity contribution is -0.115. The standard InChI is InChI=1S/C18H17N5O3S/c1-10(24)19-13-6-12(7-14(8-13)20-11(2)25)18(26)21-17-9-15(22-23-17)16-4-3-5-27-16/h3-9H,1-2H3,(H,19,24)(H,20,25)(H2,21,22,23,26). The van der Waals surface area contributed by atoms with Crippen molar-refractivity contribution in [1.29, 1.82) is 0 Å². The number of hydrogen-bond donors (Lipinski definition) is 4. The Kier molecular flexibility index (Phi) is 5.32. The molecule has 0 bridgehead atoms. The number of nitrogens with zero attached hydrogens (tertiary/aromatic N) is 1. The van der Waals surface area contributed by atoms with Crippen LogP contribution in [0.3, 0.4) is 0 Å². The number of anilines is 3. The van der Waals surface area contributed by atoms with E-state index in [0.717, 1.165) is 10.6 Å². The van der Waals surface area contributed by atoms with Gasteiger partial charge in [0.25, 0.3) is 5.91 Å². The largest absolute Gasteiger partial charge is 0.326 e. The maximum absolute atomic E-state index is 12.6. The first kappa shape index (κ1) is 18.3. The molecule has 1 aromatic carbocycles. The SMILES string of the molecule is CC(=O)Nc1cc(NC(C)=O)cc(C(=O)Nc2cc(-c3cccs3)[nH]n2)c1. The van der Waals surface area contributed by atoms with Crippen LogP contribution in [0.25, 0.3) is 10.6 Å². The van der Waals surface area contributed by atoms with Crippen LogP contribution < -0.4 is 16.0 Å². The molecule has 9 heteroatoms. The van der Waals surface area contributed by atoms with Crippen molar-refractivity contribution >= 4 is 46.3 Å². The molecule has 27 heavy (non-hydrogen) atoms. The Morgan fingerprint density at radius 1 is 0.963 bits per heavy atom. The molecule has 0 fully saturated rings. The summed E-state index contributed by atoms with van der Waals surface area (Å²) in [5.74, 6) is -0.615.